The zero-order chi connectivity index (χ0) is 26.2. The number of benzene rings is 3. The molecule has 188 valence electrons. The molecule has 0 N–H and O–H groups in total. The third-order valence-electron chi connectivity index (χ3n) is 6.26. The van der Waals surface area contributed by atoms with Gasteiger partial charge in [-0.05, 0) is 64.9 Å². The first kappa shape index (κ1) is 25.6. The van der Waals surface area contributed by atoms with Gasteiger partial charge in [0.2, 0.25) is 0 Å². The first-order valence-electron chi connectivity index (χ1n) is 11.4. The highest BCUT2D eigenvalue weighted by Gasteiger charge is 2.30. The van der Waals surface area contributed by atoms with Crippen LogP contribution in [0.4, 0.5) is 8.78 Å². The SMILES string of the molecule is CC(C)(c1ccc(Cl)c(Cl)c1)c1cnc(SCc2ccc(C3=NN=NC3)c(F)c2)n1-c1ccc(F)cc1. The Morgan fingerprint density at radius 1 is 0.973 bits per heavy atom. The van der Waals surface area contributed by atoms with Crippen molar-refractivity contribution in [3.05, 3.63) is 111 Å². The lowest BCUT2D eigenvalue weighted by Gasteiger charge is -2.28. The summed E-state index contributed by atoms with van der Waals surface area (Å²) < 4.78 is 30.5. The van der Waals surface area contributed by atoms with Crippen LogP contribution in [-0.4, -0.2) is 21.8 Å². The molecule has 0 spiro atoms. The summed E-state index contributed by atoms with van der Waals surface area (Å²) in [5, 5.41) is 12.9. The predicted octanol–water partition coefficient (Wildman–Crippen LogP) is 8.25. The van der Waals surface area contributed by atoms with Crippen molar-refractivity contribution in [3.63, 3.8) is 0 Å². The van der Waals surface area contributed by atoms with E-state index >= 15 is 0 Å². The van der Waals surface area contributed by atoms with E-state index in [1.807, 2.05) is 29.0 Å². The van der Waals surface area contributed by atoms with Gasteiger partial charge in [-0.3, -0.25) is 4.57 Å². The number of thioether (sulfide) groups is 1. The fourth-order valence-electron chi connectivity index (χ4n) is 4.14. The number of hydrogen-bond acceptors (Lipinski definition) is 5. The summed E-state index contributed by atoms with van der Waals surface area (Å²) in [6, 6.07) is 16.9. The molecule has 37 heavy (non-hydrogen) atoms. The van der Waals surface area contributed by atoms with Gasteiger partial charge in [0.15, 0.2) is 5.16 Å². The summed E-state index contributed by atoms with van der Waals surface area (Å²) in [4.78, 5) is 4.70. The molecule has 0 fully saturated rings. The van der Waals surface area contributed by atoms with Gasteiger partial charge in [0.1, 0.15) is 18.2 Å². The Balaban J connectivity index is 1.49. The number of imidazole rings is 1. The highest BCUT2D eigenvalue weighted by atomic mass is 35.5. The quantitative estimate of drug-likeness (QED) is 0.215. The molecule has 0 atom stereocenters. The van der Waals surface area contributed by atoms with Crippen LogP contribution in [0.1, 0.15) is 36.2 Å². The Hall–Kier alpha value is -3.07. The first-order valence-corrected chi connectivity index (χ1v) is 13.1. The fourth-order valence-corrected chi connectivity index (χ4v) is 5.37. The summed E-state index contributed by atoms with van der Waals surface area (Å²) in [6.07, 6.45) is 1.81. The van der Waals surface area contributed by atoms with Gasteiger partial charge in [-0.25, -0.2) is 13.8 Å². The molecule has 2 heterocycles. The number of rotatable bonds is 7. The molecule has 4 aromatic rings. The molecule has 5 nitrogen and oxygen atoms in total. The summed E-state index contributed by atoms with van der Waals surface area (Å²) in [5.41, 5.74) is 3.78. The van der Waals surface area contributed by atoms with E-state index in [0.717, 1.165) is 22.5 Å². The zero-order valence-electron chi connectivity index (χ0n) is 19.9. The minimum absolute atomic E-state index is 0.275. The van der Waals surface area contributed by atoms with Crippen LogP contribution in [0, 0.1) is 11.6 Å². The van der Waals surface area contributed by atoms with E-state index in [9.17, 15) is 8.78 Å². The number of nitrogens with zero attached hydrogens (tertiary/aromatic N) is 5. The smallest absolute Gasteiger partial charge is 0.173 e. The van der Waals surface area contributed by atoms with Gasteiger partial charge in [0, 0.05) is 22.4 Å². The standard InChI is InChI=1S/C27H21Cl2F2N5S/c1-27(2,17-4-10-21(28)22(29)12-17)25-14-32-26(36(25)19-7-5-18(30)6-8-19)37-15-16-3-9-20(23(31)11-16)24-13-33-35-34-24/h3-12,14H,13,15H2,1-2H3. The van der Waals surface area contributed by atoms with Gasteiger partial charge in [0.05, 0.1) is 27.6 Å². The van der Waals surface area contributed by atoms with Gasteiger partial charge >= 0.3 is 0 Å². The van der Waals surface area contributed by atoms with E-state index in [1.54, 1.807) is 24.3 Å². The maximum Gasteiger partial charge on any atom is 0.173 e. The van der Waals surface area contributed by atoms with E-state index in [-0.39, 0.29) is 18.2 Å². The topological polar surface area (TPSA) is 54.9 Å². The third-order valence-corrected chi connectivity index (χ3v) is 8.02. The van der Waals surface area contributed by atoms with Crippen molar-refractivity contribution in [2.24, 2.45) is 15.4 Å². The maximum absolute atomic E-state index is 14.8. The van der Waals surface area contributed by atoms with Gasteiger partial charge < -0.3 is 0 Å². The minimum Gasteiger partial charge on any atom is -0.291 e. The molecule has 5 rings (SSSR count). The number of hydrogen-bond donors (Lipinski definition) is 0. The van der Waals surface area contributed by atoms with Crippen LogP contribution in [-0.2, 0) is 11.2 Å². The van der Waals surface area contributed by atoms with E-state index in [2.05, 4.69) is 29.3 Å². The molecule has 0 unspecified atom stereocenters. The molecule has 1 aliphatic rings. The normalized spacial score (nSPS) is 13.3. The highest BCUT2D eigenvalue weighted by molar-refractivity contribution is 7.98. The molecule has 10 heteroatoms. The van der Waals surface area contributed by atoms with Crippen molar-refractivity contribution < 1.29 is 8.78 Å². The van der Waals surface area contributed by atoms with Crippen LogP contribution >= 0.6 is 35.0 Å². The zero-order valence-corrected chi connectivity index (χ0v) is 22.2. The lowest BCUT2D eigenvalue weighted by molar-refractivity contribution is 0.591. The van der Waals surface area contributed by atoms with Crippen LogP contribution in [0.5, 0.6) is 0 Å². The van der Waals surface area contributed by atoms with Crippen molar-refractivity contribution in [1.29, 1.82) is 0 Å². The Bertz CT molecular complexity index is 1530. The molecular weight excluding hydrogens is 535 g/mol. The number of aromatic nitrogens is 2. The second kappa shape index (κ2) is 10.4. The highest BCUT2D eigenvalue weighted by Crippen LogP contribution is 2.38. The van der Waals surface area contributed by atoms with Gasteiger partial charge in [-0.15, -0.1) is 5.10 Å². The van der Waals surface area contributed by atoms with Crippen LogP contribution < -0.4 is 0 Å². The second-order valence-electron chi connectivity index (χ2n) is 9.03. The predicted molar refractivity (Wildman–Crippen MR) is 144 cm³/mol. The maximum atomic E-state index is 14.8. The molecule has 1 aliphatic heterocycles. The first-order chi connectivity index (χ1) is 17.7. The second-order valence-corrected chi connectivity index (χ2v) is 10.8. The molecule has 0 saturated carbocycles. The van der Waals surface area contributed by atoms with Gasteiger partial charge in [0.25, 0.3) is 0 Å². The fraction of sp³-hybridized carbons (Fsp3) is 0.185. The Morgan fingerprint density at radius 3 is 2.43 bits per heavy atom. The van der Waals surface area contributed by atoms with E-state index < -0.39 is 5.41 Å². The van der Waals surface area contributed by atoms with Crippen LogP contribution in [0.2, 0.25) is 10.0 Å². The molecule has 0 bridgehead atoms. The van der Waals surface area contributed by atoms with Crippen molar-refractivity contribution in [3.8, 4) is 5.69 Å². The Kier molecular flexibility index (Phi) is 7.16. The Labute approximate surface area is 227 Å². The van der Waals surface area contributed by atoms with Crippen LogP contribution in [0.25, 0.3) is 5.69 Å². The average Bonchev–Trinajstić information content (AvgIpc) is 3.56. The molecule has 3 aromatic carbocycles. The Morgan fingerprint density at radius 2 is 1.76 bits per heavy atom. The lowest BCUT2D eigenvalue weighted by atomic mass is 9.81. The van der Waals surface area contributed by atoms with E-state index in [4.69, 9.17) is 28.2 Å². The van der Waals surface area contributed by atoms with Crippen molar-refractivity contribution in [2.45, 2.75) is 30.2 Å². The van der Waals surface area contributed by atoms with Crippen molar-refractivity contribution in [2.75, 3.05) is 6.54 Å². The van der Waals surface area contributed by atoms with Crippen molar-refractivity contribution in [1.82, 2.24) is 9.55 Å². The van der Waals surface area contributed by atoms with Gasteiger partial charge in [-0.1, -0.05) is 60.9 Å². The molecule has 0 saturated heterocycles. The number of halogens is 4. The summed E-state index contributed by atoms with van der Waals surface area (Å²) in [5.74, 6) is -0.220. The molecule has 1 aromatic heterocycles. The molecule has 0 radical (unpaired) electrons. The largest absolute Gasteiger partial charge is 0.291 e. The average molecular weight is 556 g/mol. The van der Waals surface area contributed by atoms with E-state index in [0.29, 0.717) is 32.2 Å². The molecular formula is C27H21Cl2F2N5S. The summed E-state index contributed by atoms with van der Waals surface area (Å²) >= 11 is 13.9. The van der Waals surface area contributed by atoms with Gasteiger partial charge in [-0.2, -0.15) is 5.11 Å². The summed E-state index contributed by atoms with van der Waals surface area (Å²) in [7, 11) is 0. The van der Waals surface area contributed by atoms with E-state index in [1.165, 1.54) is 30.0 Å². The minimum atomic E-state index is -0.514. The van der Waals surface area contributed by atoms with Crippen LogP contribution in [0.15, 0.2) is 87.5 Å². The molecule has 0 amide bonds. The monoisotopic (exact) mass is 555 g/mol. The summed E-state index contributed by atoms with van der Waals surface area (Å²) in [6.45, 7) is 4.41. The molecule has 0 aliphatic carbocycles. The lowest BCUT2D eigenvalue weighted by Crippen LogP contribution is -2.23. The van der Waals surface area contributed by atoms with Crippen LogP contribution in [0.3, 0.4) is 0 Å². The third kappa shape index (κ3) is 5.19. The van der Waals surface area contributed by atoms with Crippen molar-refractivity contribution >= 4 is 40.7 Å².